The number of esters is 2. The molecule has 8 heteroatoms. The monoisotopic (exact) mass is 523 g/mol. The average Bonchev–Trinajstić information content (AvgIpc) is 2.88. The summed E-state index contributed by atoms with van der Waals surface area (Å²) in [7, 11) is 1.58. The molecule has 4 rings (SSSR count). The van der Waals surface area contributed by atoms with E-state index in [0.717, 1.165) is 5.56 Å². The van der Waals surface area contributed by atoms with Crippen molar-refractivity contribution in [1.29, 1.82) is 0 Å². The fraction of sp³-hybridized carbons (Fsp3) is 0.379. The molecule has 2 aliphatic rings. The van der Waals surface area contributed by atoms with E-state index in [4.69, 9.17) is 30.8 Å². The van der Waals surface area contributed by atoms with Gasteiger partial charge in [0.05, 0.1) is 31.8 Å². The first kappa shape index (κ1) is 26.6. The fourth-order valence-electron chi connectivity index (χ4n) is 5.39. The Labute approximate surface area is 221 Å². The summed E-state index contributed by atoms with van der Waals surface area (Å²) in [6.07, 6.45) is 0.348. The number of ether oxygens (including phenoxy) is 3. The number of halogens is 1. The number of carbonyl (C=O) groups is 3. The normalized spacial score (nSPS) is 23.2. The largest absolute Gasteiger partial charge is 0.497 e. The highest BCUT2D eigenvalue weighted by Crippen LogP contribution is 2.49. The number of allylic oxidation sites excluding steroid dienone is 1. The van der Waals surface area contributed by atoms with Crippen LogP contribution < -0.4 is 4.74 Å². The third-order valence-corrected chi connectivity index (χ3v) is 7.31. The summed E-state index contributed by atoms with van der Waals surface area (Å²) in [5.74, 6) is -3.94. The van der Waals surface area contributed by atoms with Gasteiger partial charge in [-0.2, -0.15) is 0 Å². The van der Waals surface area contributed by atoms with Crippen LogP contribution in [0.25, 0.3) is 0 Å². The molecule has 0 amide bonds. The Morgan fingerprint density at radius 2 is 1.68 bits per heavy atom. The van der Waals surface area contributed by atoms with Gasteiger partial charge in [0.1, 0.15) is 11.7 Å². The number of nitrogens with zero attached hydrogens (tertiary/aromatic N) is 1. The van der Waals surface area contributed by atoms with Crippen LogP contribution in [-0.4, -0.2) is 43.8 Å². The molecule has 194 valence electrons. The van der Waals surface area contributed by atoms with Gasteiger partial charge in [0, 0.05) is 28.3 Å². The van der Waals surface area contributed by atoms with Crippen molar-refractivity contribution in [2.24, 2.45) is 16.8 Å². The van der Waals surface area contributed by atoms with Crippen LogP contribution >= 0.6 is 11.6 Å². The molecule has 4 atom stereocenters. The molecule has 0 spiro atoms. The summed E-state index contributed by atoms with van der Waals surface area (Å²) >= 11 is 6.60. The van der Waals surface area contributed by atoms with Crippen molar-refractivity contribution in [3.05, 3.63) is 76.0 Å². The molecule has 2 aromatic carbocycles. The summed E-state index contributed by atoms with van der Waals surface area (Å²) in [6, 6.07) is 14.4. The summed E-state index contributed by atoms with van der Waals surface area (Å²) in [4.78, 5) is 45.4. The van der Waals surface area contributed by atoms with Crippen LogP contribution in [0.4, 0.5) is 0 Å². The van der Waals surface area contributed by atoms with E-state index in [1.807, 2.05) is 12.1 Å². The van der Waals surface area contributed by atoms with Gasteiger partial charge in [-0.1, -0.05) is 41.9 Å². The minimum absolute atomic E-state index is 0.143. The minimum atomic E-state index is -1.07. The molecule has 1 unspecified atom stereocenters. The maximum atomic E-state index is 14.3. The van der Waals surface area contributed by atoms with Crippen LogP contribution in [0.1, 0.15) is 50.2 Å². The van der Waals surface area contributed by atoms with Crippen molar-refractivity contribution in [1.82, 2.24) is 0 Å². The zero-order valence-electron chi connectivity index (χ0n) is 21.3. The number of carbonyl (C=O) groups excluding carboxylic acids is 3. The topological polar surface area (TPSA) is 91.3 Å². The first-order chi connectivity index (χ1) is 17.8. The average molecular weight is 524 g/mol. The Bertz CT molecular complexity index is 1270. The second kappa shape index (κ2) is 11.3. The van der Waals surface area contributed by atoms with Gasteiger partial charge < -0.3 is 14.2 Å². The van der Waals surface area contributed by atoms with Gasteiger partial charge in [-0.3, -0.25) is 14.6 Å². The third kappa shape index (κ3) is 5.05. The van der Waals surface area contributed by atoms with Crippen molar-refractivity contribution >= 4 is 35.0 Å². The number of Topliss-reactive ketones (excluding diaryl/α,β-unsaturated/α-hetero) is 1. The van der Waals surface area contributed by atoms with E-state index in [1.165, 1.54) is 0 Å². The number of aliphatic imine (C=N–C) groups is 1. The van der Waals surface area contributed by atoms with E-state index in [-0.39, 0.29) is 24.6 Å². The number of fused-ring (bicyclic) bond motifs is 1. The lowest BCUT2D eigenvalue weighted by molar-refractivity contribution is -0.153. The molecule has 37 heavy (non-hydrogen) atoms. The SMILES string of the molecule is CCOC(=O)C1=C(C)N=C2C[C@H](c3ccc(OC)cc3)[C@@H](C(=O)OCC)C(=O)C2[C@@H]1c1ccccc1Cl. The highest BCUT2D eigenvalue weighted by atomic mass is 35.5. The Balaban J connectivity index is 1.89. The van der Waals surface area contributed by atoms with Gasteiger partial charge in [-0.05, 0) is 56.5 Å². The van der Waals surface area contributed by atoms with Gasteiger partial charge >= 0.3 is 11.9 Å². The van der Waals surface area contributed by atoms with Gasteiger partial charge in [-0.15, -0.1) is 0 Å². The number of benzene rings is 2. The molecule has 0 N–H and O–H groups in total. The summed E-state index contributed by atoms with van der Waals surface area (Å²) in [5, 5.41) is 0.418. The Morgan fingerprint density at radius 3 is 2.30 bits per heavy atom. The second-order valence-corrected chi connectivity index (χ2v) is 9.42. The van der Waals surface area contributed by atoms with Crippen LogP contribution in [-0.2, 0) is 23.9 Å². The molecular formula is C29H30ClNO6. The quantitative estimate of drug-likeness (QED) is 0.362. The highest BCUT2D eigenvalue weighted by molar-refractivity contribution is 6.31. The molecule has 1 aliphatic heterocycles. The first-order valence-electron chi connectivity index (χ1n) is 12.4. The Morgan fingerprint density at radius 1 is 1.00 bits per heavy atom. The lowest BCUT2D eigenvalue weighted by Gasteiger charge is -2.41. The van der Waals surface area contributed by atoms with Crippen molar-refractivity contribution in [3.8, 4) is 5.75 Å². The maximum absolute atomic E-state index is 14.3. The minimum Gasteiger partial charge on any atom is -0.497 e. The standard InChI is InChI=1S/C29H30ClNO6/c1-5-36-28(33)23-16(3)31-22-15-20(17-11-13-18(35-4)14-12-17)25(29(34)37-6-2)27(32)26(22)24(23)19-9-7-8-10-21(19)30/h7-14,20,24-26H,5-6,15H2,1-4H3/t20-,24-,25-,26?/m1/s1. The summed E-state index contributed by atoms with van der Waals surface area (Å²) < 4.78 is 16.0. The molecule has 0 aromatic heterocycles. The summed E-state index contributed by atoms with van der Waals surface area (Å²) in [5.41, 5.74) is 2.79. The lowest BCUT2D eigenvalue weighted by Crippen LogP contribution is -2.48. The highest BCUT2D eigenvalue weighted by Gasteiger charge is 2.53. The van der Waals surface area contributed by atoms with Crippen molar-refractivity contribution < 1.29 is 28.6 Å². The fourth-order valence-corrected chi connectivity index (χ4v) is 5.64. The maximum Gasteiger partial charge on any atom is 0.336 e. The number of hydrogen-bond acceptors (Lipinski definition) is 7. The second-order valence-electron chi connectivity index (χ2n) is 9.02. The van der Waals surface area contributed by atoms with Gasteiger partial charge in [0.2, 0.25) is 0 Å². The third-order valence-electron chi connectivity index (χ3n) is 6.97. The van der Waals surface area contributed by atoms with E-state index in [2.05, 4.69) is 0 Å². The van der Waals surface area contributed by atoms with E-state index in [0.29, 0.717) is 34.2 Å². The molecule has 7 nitrogen and oxygen atoms in total. The van der Waals surface area contributed by atoms with E-state index in [1.54, 1.807) is 64.3 Å². The zero-order valence-corrected chi connectivity index (χ0v) is 22.1. The zero-order chi connectivity index (χ0) is 26.7. The van der Waals surface area contributed by atoms with Gasteiger partial charge in [-0.25, -0.2) is 4.79 Å². The molecule has 0 saturated heterocycles. The van der Waals surface area contributed by atoms with E-state index < -0.39 is 35.6 Å². The molecular weight excluding hydrogens is 494 g/mol. The molecule has 0 bridgehead atoms. The first-order valence-corrected chi connectivity index (χ1v) is 12.7. The Hall–Kier alpha value is -3.45. The van der Waals surface area contributed by atoms with Crippen LogP contribution in [0.3, 0.4) is 0 Å². The van der Waals surface area contributed by atoms with Crippen molar-refractivity contribution in [2.45, 2.75) is 39.0 Å². The van der Waals surface area contributed by atoms with Crippen LogP contribution in [0.15, 0.2) is 64.8 Å². The predicted molar refractivity (Wildman–Crippen MR) is 140 cm³/mol. The number of hydrogen-bond donors (Lipinski definition) is 0. The van der Waals surface area contributed by atoms with Crippen molar-refractivity contribution in [2.75, 3.05) is 20.3 Å². The van der Waals surface area contributed by atoms with Crippen LogP contribution in [0.5, 0.6) is 5.75 Å². The smallest absolute Gasteiger partial charge is 0.336 e. The van der Waals surface area contributed by atoms with Crippen LogP contribution in [0, 0.1) is 11.8 Å². The molecule has 1 heterocycles. The lowest BCUT2D eigenvalue weighted by atomic mass is 9.62. The number of rotatable bonds is 7. The molecule has 1 aliphatic carbocycles. The van der Waals surface area contributed by atoms with Gasteiger partial charge in [0.15, 0.2) is 5.78 Å². The molecule has 1 fully saturated rings. The predicted octanol–water partition coefficient (Wildman–Crippen LogP) is 5.28. The molecule has 1 saturated carbocycles. The summed E-state index contributed by atoms with van der Waals surface area (Å²) in [6.45, 7) is 5.48. The van der Waals surface area contributed by atoms with Crippen molar-refractivity contribution in [3.63, 3.8) is 0 Å². The molecule has 2 aromatic rings. The van der Waals surface area contributed by atoms with E-state index in [9.17, 15) is 14.4 Å². The Kier molecular flexibility index (Phi) is 8.13. The van der Waals surface area contributed by atoms with Gasteiger partial charge in [0.25, 0.3) is 0 Å². The van der Waals surface area contributed by atoms with E-state index >= 15 is 0 Å². The van der Waals surface area contributed by atoms with Crippen LogP contribution in [0.2, 0.25) is 5.02 Å². The molecule has 0 radical (unpaired) electrons. The number of methoxy groups -OCH3 is 1. The number of ketones is 1.